The van der Waals surface area contributed by atoms with Crippen LogP contribution in [0, 0.1) is 5.92 Å². The summed E-state index contributed by atoms with van der Waals surface area (Å²) in [6.07, 6.45) is 36.1. The zero-order valence-electron chi connectivity index (χ0n) is 35.0. The molecule has 0 amide bonds. The second-order valence-electron chi connectivity index (χ2n) is 15.5. The number of unbranched alkanes of at least 4 members (excludes halogenated alkanes) is 17. The van der Waals surface area contributed by atoms with E-state index in [0.29, 0.717) is 12.8 Å². The second-order valence-corrected chi connectivity index (χ2v) is 16.7. The van der Waals surface area contributed by atoms with Gasteiger partial charge in [-0.05, 0) is 57.3 Å². The Labute approximate surface area is 335 Å². The molecule has 0 radical (unpaired) electrons. The van der Waals surface area contributed by atoms with E-state index in [0.717, 1.165) is 44.4 Å². The third-order valence-corrected chi connectivity index (χ3v) is 10.0. The molecule has 0 rings (SSSR count). The Bertz CT molecular complexity index is 1040. The molecule has 10 nitrogen and oxygen atoms in total. The van der Waals surface area contributed by atoms with Gasteiger partial charge >= 0.3 is 19.8 Å². The van der Waals surface area contributed by atoms with Gasteiger partial charge in [0.25, 0.3) is 0 Å². The van der Waals surface area contributed by atoms with Crippen molar-refractivity contribution in [3.8, 4) is 0 Å². The summed E-state index contributed by atoms with van der Waals surface area (Å²) in [6, 6.07) is 0. The van der Waals surface area contributed by atoms with Gasteiger partial charge in [0, 0.05) is 12.8 Å². The molecule has 0 bridgehead atoms. The van der Waals surface area contributed by atoms with Crippen molar-refractivity contribution in [1.29, 1.82) is 0 Å². The van der Waals surface area contributed by atoms with Crippen LogP contribution in [-0.2, 0) is 28.2 Å². The number of carbonyl (C=O) groups excluding carboxylic acids is 2. The van der Waals surface area contributed by atoms with E-state index in [1.807, 2.05) is 12.2 Å². The van der Waals surface area contributed by atoms with Crippen molar-refractivity contribution in [3.63, 3.8) is 0 Å². The highest BCUT2D eigenvalue weighted by Crippen LogP contribution is 2.36. The summed E-state index contributed by atoms with van der Waals surface area (Å²) >= 11 is 0. The zero-order chi connectivity index (χ0) is 40.8. The van der Waals surface area contributed by atoms with Gasteiger partial charge in [-0.15, -0.1) is 0 Å². The van der Waals surface area contributed by atoms with E-state index < -0.39 is 51.3 Å². The van der Waals surface area contributed by atoms with Crippen LogP contribution in [0.5, 0.6) is 0 Å². The second kappa shape index (κ2) is 37.7. The molecule has 11 heteroatoms. The Kier molecular flexibility index (Phi) is 36.5. The minimum atomic E-state index is -4.82. The Morgan fingerprint density at radius 2 is 1.09 bits per heavy atom. The summed E-state index contributed by atoms with van der Waals surface area (Å²) < 4.78 is 26.3. The predicted molar refractivity (Wildman–Crippen MR) is 223 cm³/mol. The Morgan fingerprint density at radius 3 is 1.64 bits per heavy atom. The highest BCUT2D eigenvalue weighted by atomic mass is 31.2. The Morgan fingerprint density at radius 1 is 0.582 bits per heavy atom. The molecule has 0 aliphatic heterocycles. The van der Waals surface area contributed by atoms with Crippen LogP contribution in [0.3, 0.4) is 0 Å². The molecule has 55 heavy (non-hydrogen) atoms. The zero-order valence-corrected chi connectivity index (χ0v) is 35.9. The van der Waals surface area contributed by atoms with E-state index in [9.17, 15) is 24.4 Å². The van der Waals surface area contributed by atoms with Crippen molar-refractivity contribution in [2.75, 3.05) is 13.2 Å². The number of carbonyl (C=O) groups is 2. The summed E-state index contributed by atoms with van der Waals surface area (Å²) in [6.45, 7) is 5.76. The van der Waals surface area contributed by atoms with Gasteiger partial charge in [0.2, 0.25) is 0 Å². The van der Waals surface area contributed by atoms with Crippen LogP contribution in [0.1, 0.15) is 194 Å². The van der Waals surface area contributed by atoms with Gasteiger partial charge in [-0.2, -0.15) is 0 Å². The molecule has 3 atom stereocenters. The molecule has 0 saturated heterocycles. The van der Waals surface area contributed by atoms with Crippen LogP contribution in [0.15, 0.2) is 36.5 Å². The van der Waals surface area contributed by atoms with E-state index in [1.165, 1.54) is 96.3 Å². The van der Waals surface area contributed by atoms with Gasteiger partial charge in [-0.25, -0.2) is 4.57 Å². The monoisotopic (exact) mass is 801 g/mol. The molecule has 0 saturated carbocycles. The van der Waals surface area contributed by atoms with E-state index in [2.05, 4.69) is 49.6 Å². The average Bonchev–Trinajstić information content (AvgIpc) is 3.13. The van der Waals surface area contributed by atoms with Crippen molar-refractivity contribution in [1.82, 2.24) is 0 Å². The molecule has 0 heterocycles. The fourth-order valence-corrected chi connectivity index (χ4v) is 6.49. The maximum absolute atomic E-state index is 12.4. The number of esters is 2. The number of ether oxygens (including phenoxy) is 2. The van der Waals surface area contributed by atoms with Gasteiger partial charge in [0.05, 0.1) is 18.8 Å². The van der Waals surface area contributed by atoms with Crippen LogP contribution < -0.4 is 0 Å². The number of aliphatic hydroxyl groups excluding tert-OH is 2. The third-order valence-electron chi connectivity index (χ3n) is 9.54. The van der Waals surface area contributed by atoms with Gasteiger partial charge in [0.1, 0.15) is 6.61 Å². The maximum Gasteiger partial charge on any atom is 0.469 e. The van der Waals surface area contributed by atoms with Crippen molar-refractivity contribution in [3.05, 3.63) is 36.5 Å². The topological polar surface area (TPSA) is 160 Å². The smallest absolute Gasteiger partial charge is 0.462 e. The fourth-order valence-electron chi connectivity index (χ4n) is 6.13. The first kappa shape index (κ1) is 53.2. The molecule has 0 aromatic rings. The number of phosphoric ester groups is 1. The summed E-state index contributed by atoms with van der Waals surface area (Å²) in [5, 5.41) is 20.5. The summed E-state index contributed by atoms with van der Waals surface area (Å²) in [7, 11) is -4.82. The lowest BCUT2D eigenvalue weighted by atomic mass is 10.0. The van der Waals surface area contributed by atoms with E-state index in [1.54, 1.807) is 0 Å². The summed E-state index contributed by atoms with van der Waals surface area (Å²) in [5.74, 6) is -0.341. The van der Waals surface area contributed by atoms with E-state index in [4.69, 9.17) is 19.3 Å². The standard InChI is InChI=1S/C44H81O10P/c1-4-5-6-7-8-9-10-17-20-23-26-29-33-41(45)42(46)34-31-36-43(47)52-37-40(38-53-55(49,50)51)54-44(48)35-30-27-24-21-18-15-13-11-12-14-16-19-22-25-28-32-39(2)3/h8-9,17,20,26,29,39-42,45-46H,4-7,10-16,18-19,21-25,27-28,30-38H2,1-3H3,(H2,49,50,51)/b9-8-,20-17-,29-26-/t40-,41?,42?/m1/s1. The molecule has 2 unspecified atom stereocenters. The Hall–Kier alpha value is -1.81. The molecular weight excluding hydrogens is 719 g/mol. The van der Waals surface area contributed by atoms with Crippen molar-refractivity contribution < 1.29 is 48.2 Å². The van der Waals surface area contributed by atoms with Gasteiger partial charge in [0.15, 0.2) is 6.10 Å². The lowest BCUT2D eigenvalue weighted by Gasteiger charge is -2.19. The van der Waals surface area contributed by atoms with Gasteiger partial charge < -0.3 is 29.5 Å². The first-order valence-corrected chi connectivity index (χ1v) is 23.3. The number of hydrogen-bond donors (Lipinski definition) is 4. The van der Waals surface area contributed by atoms with Crippen LogP contribution >= 0.6 is 7.82 Å². The number of phosphoric acid groups is 1. The lowest BCUT2D eigenvalue weighted by molar-refractivity contribution is -0.161. The molecule has 322 valence electrons. The highest BCUT2D eigenvalue weighted by Gasteiger charge is 2.23. The number of allylic oxidation sites excluding steroid dienone is 5. The van der Waals surface area contributed by atoms with E-state index >= 15 is 0 Å². The quantitative estimate of drug-likeness (QED) is 0.0204. The van der Waals surface area contributed by atoms with Gasteiger partial charge in [-0.1, -0.05) is 166 Å². The predicted octanol–water partition coefficient (Wildman–Crippen LogP) is 11.1. The summed E-state index contributed by atoms with van der Waals surface area (Å²) in [4.78, 5) is 42.9. The molecule has 0 aromatic heterocycles. The largest absolute Gasteiger partial charge is 0.469 e. The minimum Gasteiger partial charge on any atom is -0.462 e. The molecule has 0 spiro atoms. The first-order valence-electron chi connectivity index (χ1n) is 21.8. The van der Waals surface area contributed by atoms with Crippen LogP contribution in [-0.4, -0.2) is 63.5 Å². The highest BCUT2D eigenvalue weighted by molar-refractivity contribution is 7.46. The van der Waals surface area contributed by atoms with Crippen LogP contribution in [0.2, 0.25) is 0 Å². The number of rotatable bonds is 39. The number of aliphatic hydroxyl groups is 2. The minimum absolute atomic E-state index is 0.0454. The van der Waals surface area contributed by atoms with Crippen LogP contribution in [0.25, 0.3) is 0 Å². The van der Waals surface area contributed by atoms with Crippen molar-refractivity contribution in [2.24, 2.45) is 5.92 Å². The molecule has 0 aliphatic rings. The van der Waals surface area contributed by atoms with E-state index in [-0.39, 0.29) is 25.7 Å². The Balaban J connectivity index is 4.11. The van der Waals surface area contributed by atoms with Crippen molar-refractivity contribution >= 4 is 19.8 Å². The lowest BCUT2D eigenvalue weighted by Crippen LogP contribution is -2.29. The molecular formula is C44H81O10P. The third kappa shape index (κ3) is 40.2. The van der Waals surface area contributed by atoms with Crippen molar-refractivity contribution in [2.45, 2.75) is 212 Å². The van der Waals surface area contributed by atoms with Gasteiger partial charge in [-0.3, -0.25) is 14.1 Å². The molecule has 0 aliphatic carbocycles. The molecule has 0 aromatic carbocycles. The normalized spacial score (nSPS) is 14.0. The maximum atomic E-state index is 12.4. The van der Waals surface area contributed by atoms with Crippen LogP contribution in [0.4, 0.5) is 0 Å². The average molecular weight is 801 g/mol. The SMILES string of the molecule is CCCCC/C=C\C/C=C\C/C=C\CC(O)C(O)CCCC(=O)OC[C@H](COP(=O)(O)O)OC(=O)CCCCCCCCCCCCCCCCCC(C)C. The molecule has 4 N–H and O–H groups in total. The first-order chi connectivity index (χ1) is 26.4. The number of hydrogen-bond acceptors (Lipinski definition) is 8. The molecule has 0 fully saturated rings. The summed E-state index contributed by atoms with van der Waals surface area (Å²) in [5.41, 5.74) is 0. The fraction of sp³-hybridized carbons (Fsp3) is 0.818.